The van der Waals surface area contributed by atoms with E-state index in [1.54, 1.807) is 23.1 Å². The van der Waals surface area contributed by atoms with Gasteiger partial charge in [-0.2, -0.15) is 10.4 Å². The lowest BCUT2D eigenvalue weighted by Gasteiger charge is -2.46. The molecule has 4 rings (SSSR count). The molecule has 3 N–H and O–H groups in total. The Morgan fingerprint density at radius 2 is 2.20 bits per heavy atom. The van der Waals surface area contributed by atoms with Gasteiger partial charge in [0.2, 0.25) is 5.91 Å². The summed E-state index contributed by atoms with van der Waals surface area (Å²) in [7, 11) is 0. The van der Waals surface area contributed by atoms with Crippen molar-refractivity contribution in [2.45, 2.75) is 33.6 Å². The Bertz CT molecular complexity index is 1250. The van der Waals surface area contributed by atoms with Crippen molar-refractivity contribution in [1.82, 2.24) is 14.6 Å². The molecule has 4 heterocycles. The number of aromatic nitrogens is 3. The number of carbonyl (C=O) groups excluding carboxylic acids is 1. The van der Waals surface area contributed by atoms with Crippen molar-refractivity contribution in [3.05, 3.63) is 42.4 Å². The molecular weight excluding hydrogens is 444 g/mol. The first-order valence-electron chi connectivity index (χ1n) is 12.0. The lowest BCUT2D eigenvalue weighted by atomic mass is 9.67. The van der Waals surface area contributed by atoms with Crippen LogP contribution in [0, 0.1) is 28.6 Å². The van der Waals surface area contributed by atoms with Crippen molar-refractivity contribution in [3.8, 4) is 22.9 Å². The van der Waals surface area contributed by atoms with Gasteiger partial charge in [0.15, 0.2) is 0 Å². The molecule has 184 valence electrons. The number of ether oxygens (including phenoxy) is 1. The van der Waals surface area contributed by atoms with E-state index >= 15 is 0 Å². The zero-order valence-electron chi connectivity index (χ0n) is 20.4. The molecule has 9 nitrogen and oxygen atoms in total. The van der Waals surface area contributed by atoms with Crippen LogP contribution in [-0.4, -0.2) is 51.9 Å². The number of piperidine rings is 1. The summed E-state index contributed by atoms with van der Waals surface area (Å²) in [5.74, 6) is 1.33. The van der Waals surface area contributed by atoms with Gasteiger partial charge < -0.3 is 20.5 Å². The molecule has 1 aliphatic heterocycles. The van der Waals surface area contributed by atoms with E-state index in [9.17, 15) is 15.2 Å². The largest absolute Gasteiger partial charge is 0.492 e. The zero-order chi connectivity index (χ0) is 25.2. The number of primary amides is 1. The summed E-state index contributed by atoms with van der Waals surface area (Å²) >= 11 is 0. The second kappa shape index (κ2) is 9.92. The first kappa shape index (κ1) is 24.5. The average molecular weight is 477 g/mol. The second-order valence-corrected chi connectivity index (χ2v) is 9.59. The summed E-state index contributed by atoms with van der Waals surface area (Å²) in [5, 5.41) is 24.0. The van der Waals surface area contributed by atoms with Gasteiger partial charge in [-0.25, -0.2) is 9.50 Å². The smallest absolute Gasteiger partial charge is 0.226 e. The topological polar surface area (TPSA) is 130 Å². The van der Waals surface area contributed by atoms with Gasteiger partial charge in [-0.3, -0.25) is 4.79 Å². The molecule has 2 unspecified atom stereocenters. The van der Waals surface area contributed by atoms with Crippen LogP contribution in [0.15, 0.2) is 36.8 Å². The van der Waals surface area contributed by atoms with Crippen molar-refractivity contribution >= 4 is 17.2 Å². The number of anilines is 1. The molecule has 9 heteroatoms. The third kappa shape index (κ3) is 4.54. The average Bonchev–Trinajstić information content (AvgIpc) is 3.26. The number of pyridine rings is 2. The second-order valence-electron chi connectivity index (χ2n) is 9.59. The number of fused-ring (bicyclic) bond motifs is 1. The summed E-state index contributed by atoms with van der Waals surface area (Å²) in [5.41, 5.74) is 7.70. The number of amides is 1. The van der Waals surface area contributed by atoms with E-state index in [0.29, 0.717) is 48.9 Å². The molecule has 1 saturated heterocycles. The molecule has 2 atom stereocenters. The lowest BCUT2D eigenvalue weighted by molar-refractivity contribution is -0.136. The van der Waals surface area contributed by atoms with Gasteiger partial charge in [-0.05, 0) is 49.8 Å². The van der Waals surface area contributed by atoms with Crippen LogP contribution in [0.1, 0.15) is 39.2 Å². The molecule has 0 aliphatic carbocycles. The highest BCUT2D eigenvalue weighted by atomic mass is 16.5. The molecule has 1 amide bonds. The van der Waals surface area contributed by atoms with Gasteiger partial charge >= 0.3 is 0 Å². The van der Waals surface area contributed by atoms with Crippen molar-refractivity contribution < 1.29 is 14.6 Å². The Hall–Kier alpha value is -3.64. The molecule has 0 saturated carbocycles. The van der Waals surface area contributed by atoms with Gasteiger partial charge in [0.1, 0.15) is 17.6 Å². The maximum atomic E-state index is 12.3. The molecule has 0 radical (unpaired) electrons. The van der Waals surface area contributed by atoms with Gasteiger partial charge in [0.05, 0.1) is 42.1 Å². The van der Waals surface area contributed by atoms with E-state index in [1.165, 1.54) is 0 Å². The normalized spacial score (nSPS) is 20.2. The number of aliphatic hydroxyl groups is 1. The number of aliphatic hydroxyl groups excluding tert-OH is 1. The van der Waals surface area contributed by atoms with Crippen LogP contribution < -0.4 is 15.4 Å². The number of carbonyl (C=O) groups is 1. The fraction of sp³-hybridized carbons (Fsp3) is 0.462. The first-order chi connectivity index (χ1) is 16.8. The first-order valence-corrected chi connectivity index (χ1v) is 12.0. The summed E-state index contributed by atoms with van der Waals surface area (Å²) in [6.45, 7) is 7.59. The number of rotatable bonds is 8. The minimum Gasteiger partial charge on any atom is -0.492 e. The highest BCUT2D eigenvalue weighted by molar-refractivity contribution is 5.85. The van der Waals surface area contributed by atoms with Crippen LogP contribution in [0.4, 0.5) is 5.82 Å². The Balaban J connectivity index is 1.66. The van der Waals surface area contributed by atoms with E-state index in [0.717, 1.165) is 23.4 Å². The minimum absolute atomic E-state index is 0.0623. The number of hydrogen-bond acceptors (Lipinski definition) is 7. The highest BCUT2D eigenvalue weighted by Crippen LogP contribution is 2.41. The Kier molecular flexibility index (Phi) is 6.94. The molecule has 0 spiro atoms. The number of hydrogen-bond donors (Lipinski definition) is 2. The maximum Gasteiger partial charge on any atom is 0.226 e. The fourth-order valence-electron chi connectivity index (χ4n) is 5.14. The summed E-state index contributed by atoms with van der Waals surface area (Å²) in [6.07, 6.45) is 6.37. The highest BCUT2D eigenvalue weighted by Gasteiger charge is 2.47. The predicted molar refractivity (Wildman–Crippen MR) is 133 cm³/mol. The predicted octanol–water partition coefficient (Wildman–Crippen LogP) is 3.00. The third-order valence-corrected chi connectivity index (χ3v) is 6.98. The van der Waals surface area contributed by atoms with E-state index < -0.39 is 11.3 Å². The van der Waals surface area contributed by atoms with Crippen LogP contribution in [0.5, 0.6) is 5.75 Å². The number of nitrogens with zero attached hydrogens (tertiary/aromatic N) is 5. The van der Waals surface area contributed by atoms with E-state index in [4.69, 9.17) is 15.5 Å². The van der Waals surface area contributed by atoms with Gasteiger partial charge in [0.25, 0.3) is 0 Å². The van der Waals surface area contributed by atoms with Crippen LogP contribution in [0.25, 0.3) is 16.6 Å². The summed E-state index contributed by atoms with van der Waals surface area (Å²) < 4.78 is 7.36. The van der Waals surface area contributed by atoms with Gasteiger partial charge in [0, 0.05) is 30.4 Å². The van der Waals surface area contributed by atoms with E-state index in [-0.39, 0.29) is 12.5 Å². The van der Waals surface area contributed by atoms with Crippen molar-refractivity contribution in [1.29, 1.82) is 5.26 Å². The lowest BCUT2D eigenvalue weighted by Crippen LogP contribution is -2.56. The third-order valence-electron chi connectivity index (χ3n) is 6.98. The quantitative estimate of drug-likeness (QED) is 0.511. The van der Waals surface area contributed by atoms with Crippen LogP contribution in [-0.2, 0) is 4.79 Å². The number of nitriles is 1. The van der Waals surface area contributed by atoms with Gasteiger partial charge in [-0.15, -0.1) is 0 Å². The molecule has 0 bridgehead atoms. The molecule has 1 aliphatic rings. The maximum absolute atomic E-state index is 12.3. The SMILES string of the molecule is CCOc1cc(-c2ccc(N3CCC(CO)(C(N)=O)C(CC(C)C)C3)nc2)c2c(C#N)cnn2c1. The van der Waals surface area contributed by atoms with Crippen molar-refractivity contribution in [3.63, 3.8) is 0 Å². The Morgan fingerprint density at radius 1 is 1.40 bits per heavy atom. The summed E-state index contributed by atoms with van der Waals surface area (Å²) in [6, 6.07) is 8.03. The molecule has 1 fully saturated rings. The van der Waals surface area contributed by atoms with E-state index in [1.807, 2.05) is 25.1 Å². The van der Waals surface area contributed by atoms with Crippen LogP contribution >= 0.6 is 0 Å². The fourth-order valence-corrected chi connectivity index (χ4v) is 5.14. The van der Waals surface area contributed by atoms with Crippen molar-refractivity contribution in [2.24, 2.45) is 23.0 Å². The molecule has 3 aromatic heterocycles. The summed E-state index contributed by atoms with van der Waals surface area (Å²) in [4.78, 5) is 19.2. The molecule has 35 heavy (non-hydrogen) atoms. The zero-order valence-corrected chi connectivity index (χ0v) is 20.4. The number of nitrogens with two attached hydrogens (primary N) is 1. The molecule has 0 aromatic carbocycles. The Morgan fingerprint density at radius 3 is 2.80 bits per heavy atom. The van der Waals surface area contributed by atoms with Crippen LogP contribution in [0.2, 0.25) is 0 Å². The van der Waals surface area contributed by atoms with Crippen LogP contribution in [0.3, 0.4) is 0 Å². The van der Waals surface area contributed by atoms with Crippen molar-refractivity contribution in [2.75, 3.05) is 31.2 Å². The molecule has 3 aromatic rings. The Labute approximate surface area is 205 Å². The molecular formula is C26H32N6O3. The standard InChI is InChI=1S/C26H32N6O3/c1-4-35-21-10-22(24-19(11-27)13-30-32(24)15-21)18-5-6-23(29-12-18)31-8-7-26(16-33,25(28)34)20(14-31)9-17(2)3/h5-6,10,12-13,15,17,20,33H,4,7-9,14,16H2,1-3H3,(H2,28,34). The van der Waals surface area contributed by atoms with E-state index in [2.05, 4.69) is 29.9 Å². The van der Waals surface area contributed by atoms with Gasteiger partial charge in [-0.1, -0.05) is 13.8 Å². The monoisotopic (exact) mass is 476 g/mol. The minimum atomic E-state index is -0.901.